The maximum atomic E-state index is 12.4. The molecule has 1 aliphatic carbocycles. The number of rotatable bonds is 3. The first-order valence-corrected chi connectivity index (χ1v) is 6.62. The lowest BCUT2D eigenvalue weighted by atomic mass is 10.2. The Morgan fingerprint density at radius 3 is 2.84 bits per heavy atom. The summed E-state index contributed by atoms with van der Waals surface area (Å²) >= 11 is 0. The molecule has 4 nitrogen and oxygen atoms in total. The van der Waals surface area contributed by atoms with Gasteiger partial charge in [0, 0.05) is 24.2 Å². The second-order valence-electron chi connectivity index (χ2n) is 5.40. The topological polar surface area (TPSA) is 59.5 Å². The molecule has 1 atom stereocenters. The van der Waals surface area contributed by atoms with Gasteiger partial charge in [0.05, 0.1) is 0 Å². The smallest absolute Gasteiger partial charge is 0.289 e. The fraction of sp³-hybridized carbons (Fsp3) is 0.400. The van der Waals surface area contributed by atoms with Crippen molar-refractivity contribution in [3.63, 3.8) is 0 Å². The summed E-state index contributed by atoms with van der Waals surface area (Å²) in [5.41, 5.74) is 7.10. The Hall–Kier alpha value is -1.97. The number of amides is 1. The van der Waals surface area contributed by atoms with Crippen molar-refractivity contribution in [1.82, 2.24) is 4.90 Å². The van der Waals surface area contributed by atoms with Crippen molar-refractivity contribution in [3.05, 3.63) is 30.0 Å². The van der Waals surface area contributed by atoms with Crippen LogP contribution >= 0.6 is 0 Å². The highest BCUT2D eigenvalue weighted by Gasteiger charge is 2.33. The van der Waals surface area contributed by atoms with E-state index in [2.05, 4.69) is 6.92 Å². The number of nitrogens with two attached hydrogens (primary N) is 1. The largest absolute Gasteiger partial charge is 0.451 e. The molecular formula is C15H18N2O2. The van der Waals surface area contributed by atoms with Gasteiger partial charge in [-0.3, -0.25) is 4.79 Å². The minimum absolute atomic E-state index is 0.0610. The van der Waals surface area contributed by atoms with E-state index in [1.165, 1.54) is 12.8 Å². The van der Waals surface area contributed by atoms with Gasteiger partial charge in [0.1, 0.15) is 5.58 Å². The highest BCUT2D eigenvalue weighted by molar-refractivity contribution is 5.96. The van der Waals surface area contributed by atoms with Crippen LogP contribution in [0.3, 0.4) is 0 Å². The summed E-state index contributed by atoms with van der Waals surface area (Å²) in [4.78, 5) is 14.2. The molecule has 0 spiro atoms. The number of carbonyl (C=O) groups excluding carboxylic acids is 1. The molecule has 1 fully saturated rings. The molecule has 1 unspecified atom stereocenters. The third kappa shape index (κ3) is 2.18. The molecular weight excluding hydrogens is 240 g/mol. The lowest BCUT2D eigenvalue weighted by Crippen LogP contribution is -2.36. The molecule has 1 aromatic carbocycles. The fourth-order valence-corrected chi connectivity index (χ4v) is 2.42. The number of nitrogen functional groups attached to an aromatic ring is 1. The minimum atomic E-state index is -0.0610. The molecule has 0 bridgehead atoms. The lowest BCUT2D eigenvalue weighted by molar-refractivity contribution is 0.0697. The summed E-state index contributed by atoms with van der Waals surface area (Å²) in [5.74, 6) is 0.971. The van der Waals surface area contributed by atoms with Crippen LogP contribution in [0.5, 0.6) is 0 Å². The zero-order valence-electron chi connectivity index (χ0n) is 11.2. The number of hydrogen-bond donors (Lipinski definition) is 1. The molecule has 2 N–H and O–H groups in total. The molecule has 1 saturated carbocycles. The Morgan fingerprint density at radius 2 is 2.16 bits per heavy atom. The van der Waals surface area contributed by atoms with Crippen LogP contribution in [-0.4, -0.2) is 23.9 Å². The first kappa shape index (κ1) is 12.1. The summed E-state index contributed by atoms with van der Waals surface area (Å²) in [6.07, 6.45) is 2.44. The quantitative estimate of drug-likeness (QED) is 0.861. The number of carbonyl (C=O) groups is 1. The van der Waals surface area contributed by atoms with Gasteiger partial charge < -0.3 is 15.1 Å². The Labute approximate surface area is 112 Å². The number of benzene rings is 1. The van der Waals surface area contributed by atoms with Crippen LogP contribution in [0.1, 0.15) is 30.3 Å². The zero-order chi connectivity index (χ0) is 13.6. The highest BCUT2D eigenvalue weighted by Crippen LogP contribution is 2.35. The molecule has 19 heavy (non-hydrogen) atoms. The van der Waals surface area contributed by atoms with Gasteiger partial charge in [-0.05, 0) is 49.9 Å². The van der Waals surface area contributed by atoms with Gasteiger partial charge in [0.25, 0.3) is 5.91 Å². The van der Waals surface area contributed by atoms with Gasteiger partial charge in [-0.1, -0.05) is 0 Å². The molecule has 3 rings (SSSR count). The highest BCUT2D eigenvalue weighted by atomic mass is 16.3. The maximum Gasteiger partial charge on any atom is 0.289 e. The van der Waals surface area contributed by atoms with Gasteiger partial charge >= 0.3 is 0 Å². The summed E-state index contributed by atoms with van der Waals surface area (Å²) < 4.78 is 5.61. The summed E-state index contributed by atoms with van der Waals surface area (Å²) in [6.45, 7) is 2.09. The van der Waals surface area contributed by atoms with Crippen molar-refractivity contribution in [2.75, 3.05) is 12.8 Å². The predicted octanol–water partition coefficient (Wildman–Crippen LogP) is 2.89. The third-order valence-corrected chi connectivity index (χ3v) is 3.99. The Morgan fingerprint density at radius 1 is 1.42 bits per heavy atom. The van der Waals surface area contributed by atoms with Crippen molar-refractivity contribution in [3.8, 4) is 0 Å². The Balaban J connectivity index is 1.88. The van der Waals surface area contributed by atoms with Gasteiger partial charge in [0.15, 0.2) is 5.76 Å². The van der Waals surface area contributed by atoms with E-state index in [-0.39, 0.29) is 11.9 Å². The van der Waals surface area contributed by atoms with Gasteiger partial charge in [0.2, 0.25) is 0 Å². The summed E-state index contributed by atoms with van der Waals surface area (Å²) in [7, 11) is 1.84. The molecule has 1 amide bonds. The first-order valence-electron chi connectivity index (χ1n) is 6.62. The monoisotopic (exact) mass is 258 g/mol. The molecule has 1 aromatic heterocycles. The number of anilines is 1. The average Bonchev–Trinajstić information content (AvgIpc) is 3.16. The molecule has 1 heterocycles. The van der Waals surface area contributed by atoms with E-state index in [1.54, 1.807) is 23.1 Å². The standard InChI is InChI=1S/C15H18N2O2/c1-9(10-3-4-10)17(2)15(18)14-8-11-7-12(16)5-6-13(11)19-14/h5-10H,3-4,16H2,1-2H3. The Kier molecular flexibility index (Phi) is 2.73. The van der Waals surface area contributed by atoms with Crippen molar-refractivity contribution in [1.29, 1.82) is 0 Å². The van der Waals surface area contributed by atoms with Crippen molar-refractivity contribution >= 4 is 22.6 Å². The van der Waals surface area contributed by atoms with E-state index < -0.39 is 0 Å². The predicted molar refractivity (Wildman–Crippen MR) is 74.9 cm³/mol. The summed E-state index contributed by atoms with van der Waals surface area (Å²) in [6, 6.07) is 7.43. The first-order chi connectivity index (χ1) is 9.06. The van der Waals surface area contributed by atoms with Crippen LogP contribution in [0.2, 0.25) is 0 Å². The zero-order valence-corrected chi connectivity index (χ0v) is 11.2. The van der Waals surface area contributed by atoms with E-state index in [4.69, 9.17) is 10.2 Å². The normalized spacial score (nSPS) is 16.5. The number of furan rings is 1. The van der Waals surface area contributed by atoms with Crippen LogP contribution < -0.4 is 5.73 Å². The van der Waals surface area contributed by atoms with Crippen molar-refractivity contribution < 1.29 is 9.21 Å². The minimum Gasteiger partial charge on any atom is -0.451 e. The Bertz CT molecular complexity index is 628. The molecule has 2 aromatic rings. The van der Waals surface area contributed by atoms with E-state index in [0.717, 1.165) is 5.39 Å². The molecule has 0 radical (unpaired) electrons. The van der Waals surface area contributed by atoms with E-state index in [9.17, 15) is 4.79 Å². The summed E-state index contributed by atoms with van der Waals surface area (Å²) in [5, 5.41) is 0.871. The van der Waals surface area contributed by atoms with E-state index in [1.807, 2.05) is 13.1 Å². The molecule has 0 aliphatic heterocycles. The third-order valence-electron chi connectivity index (χ3n) is 3.99. The molecule has 0 saturated heterocycles. The van der Waals surface area contributed by atoms with Crippen LogP contribution in [0.15, 0.2) is 28.7 Å². The SMILES string of the molecule is CC(C1CC1)N(C)C(=O)c1cc2cc(N)ccc2o1. The van der Waals surface area contributed by atoms with Crippen LogP contribution in [0.4, 0.5) is 5.69 Å². The lowest BCUT2D eigenvalue weighted by Gasteiger charge is -2.23. The fourth-order valence-electron chi connectivity index (χ4n) is 2.42. The number of hydrogen-bond acceptors (Lipinski definition) is 3. The van der Waals surface area contributed by atoms with E-state index in [0.29, 0.717) is 22.9 Å². The molecule has 4 heteroatoms. The number of fused-ring (bicyclic) bond motifs is 1. The second kappa shape index (κ2) is 4.30. The van der Waals surface area contributed by atoms with Crippen LogP contribution in [-0.2, 0) is 0 Å². The van der Waals surface area contributed by atoms with Gasteiger partial charge in [-0.15, -0.1) is 0 Å². The number of nitrogens with zero attached hydrogens (tertiary/aromatic N) is 1. The van der Waals surface area contributed by atoms with Gasteiger partial charge in [-0.25, -0.2) is 0 Å². The van der Waals surface area contributed by atoms with Crippen LogP contribution in [0.25, 0.3) is 11.0 Å². The van der Waals surface area contributed by atoms with Crippen molar-refractivity contribution in [2.24, 2.45) is 5.92 Å². The molecule has 1 aliphatic rings. The molecule has 100 valence electrons. The van der Waals surface area contributed by atoms with Crippen LogP contribution in [0, 0.1) is 5.92 Å². The second-order valence-corrected chi connectivity index (χ2v) is 5.40. The van der Waals surface area contributed by atoms with E-state index >= 15 is 0 Å². The average molecular weight is 258 g/mol. The van der Waals surface area contributed by atoms with Gasteiger partial charge in [-0.2, -0.15) is 0 Å². The van der Waals surface area contributed by atoms with Crippen molar-refractivity contribution in [2.45, 2.75) is 25.8 Å². The maximum absolute atomic E-state index is 12.4.